The van der Waals surface area contributed by atoms with Gasteiger partial charge in [-0.3, -0.25) is 9.59 Å². The third-order valence-corrected chi connectivity index (χ3v) is 1.85. The minimum Gasteiger partial charge on any atom is -0.339 e. The van der Waals surface area contributed by atoms with Gasteiger partial charge in [-0.05, 0) is 0 Å². The molecule has 2 amide bonds. The summed E-state index contributed by atoms with van der Waals surface area (Å²) in [6.07, 6.45) is 1.81. The number of rotatable bonds is 1. The summed E-state index contributed by atoms with van der Waals surface area (Å²) in [6, 6.07) is 0. The summed E-state index contributed by atoms with van der Waals surface area (Å²) in [5.74, 6) is 0.0792. The summed E-state index contributed by atoms with van der Waals surface area (Å²) in [6.45, 7) is 4.06. The van der Waals surface area contributed by atoms with Gasteiger partial charge in [-0.1, -0.05) is 0 Å². The van der Waals surface area contributed by atoms with E-state index in [1.165, 1.54) is 0 Å². The monoisotopic (exact) mass is 155 g/mol. The van der Waals surface area contributed by atoms with Gasteiger partial charge in [0.25, 0.3) is 0 Å². The highest BCUT2D eigenvalue weighted by atomic mass is 16.2. The van der Waals surface area contributed by atoms with Gasteiger partial charge in [-0.25, -0.2) is 0 Å². The van der Waals surface area contributed by atoms with Crippen molar-refractivity contribution in [2.24, 2.45) is 0 Å². The van der Waals surface area contributed by atoms with Crippen LogP contribution in [0.15, 0.2) is 0 Å². The molecule has 1 fully saturated rings. The Morgan fingerprint density at radius 1 is 1.27 bits per heavy atom. The molecule has 11 heavy (non-hydrogen) atoms. The molecule has 1 rings (SSSR count). The number of piperazine rings is 1. The summed E-state index contributed by atoms with van der Waals surface area (Å²) < 4.78 is 0. The van der Waals surface area contributed by atoms with Crippen molar-refractivity contribution in [3.8, 4) is 0 Å². The highest BCUT2D eigenvalue weighted by Gasteiger charge is 2.16. The molecular weight excluding hydrogens is 144 g/mol. The van der Waals surface area contributed by atoms with Gasteiger partial charge in [0.2, 0.25) is 5.91 Å². The molecule has 1 saturated heterocycles. The van der Waals surface area contributed by atoms with E-state index in [9.17, 15) is 9.59 Å². The fraction of sp³-hybridized carbons (Fsp3) is 0.714. The number of carbonyl (C=O) groups excluding carboxylic acids is 2. The molecule has 0 aromatic carbocycles. The highest BCUT2D eigenvalue weighted by molar-refractivity contribution is 5.73. The molecule has 0 aliphatic carbocycles. The zero-order chi connectivity index (χ0) is 8.27. The molecule has 0 aromatic heterocycles. The molecule has 1 aliphatic heterocycles. The van der Waals surface area contributed by atoms with Crippen molar-refractivity contribution in [1.82, 2.24) is 9.80 Å². The van der Waals surface area contributed by atoms with E-state index in [4.69, 9.17) is 0 Å². The number of hydrogen-bond acceptors (Lipinski definition) is 2. The second-order valence-electron chi connectivity index (χ2n) is 2.58. The average Bonchev–Trinajstić information content (AvgIpc) is 2.05. The minimum atomic E-state index is 0.0792. The third-order valence-electron chi connectivity index (χ3n) is 1.85. The lowest BCUT2D eigenvalue weighted by Crippen LogP contribution is -2.47. The maximum Gasteiger partial charge on any atom is 0.312 e. The van der Waals surface area contributed by atoms with Crippen LogP contribution < -0.4 is 0 Å². The Bertz CT molecular complexity index is 162. The molecule has 1 radical (unpaired) electrons. The van der Waals surface area contributed by atoms with Crippen LogP contribution in [0.4, 0.5) is 0 Å². The smallest absolute Gasteiger partial charge is 0.312 e. The number of carbonyl (C=O) groups is 1. The molecule has 61 valence electrons. The fourth-order valence-electron chi connectivity index (χ4n) is 1.11. The molecule has 0 saturated carbocycles. The Hall–Kier alpha value is -1.06. The standard InChI is InChI=1S/C7H11N2O2/c1-7(11)9-4-2-8(6-10)3-5-9/h2-5H2,1H3. The Balaban J connectivity index is 2.35. The third kappa shape index (κ3) is 1.93. The van der Waals surface area contributed by atoms with E-state index in [0.29, 0.717) is 26.2 Å². The van der Waals surface area contributed by atoms with E-state index in [1.54, 1.807) is 16.7 Å². The molecule has 4 heteroatoms. The quantitative estimate of drug-likeness (QED) is 0.498. The average molecular weight is 155 g/mol. The van der Waals surface area contributed by atoms with Crippen LogP contribution in [0.2, 0.25) is 0 Å². The first-order chi connectivity index (χ1) is 5.24. The SMILES string of the molecule is CC(=O)N1CCN([C]=O)CC1. The van der Waals surface area contributed by atoms with Crippen LogP contribution in [0.1, 0.15) is 6.92 Å². The summed E-state index contributed by atoms with van der Waals surface area (Å²) in [7, 11) is 0. The van der Waals surface area contributed by atoms with E-state index < -0.39 is 0 Å². The van der Waals surface area contributed by atoms with Crippen molar-refractivity contribution in [2.45, 2.75) is 6.92 Å². The van der Waals surface area contributed by atoms with Crippen LogP contribution in [-0.2, 0) is 9.59 Å². The molecule has 1 heterocycles. The Labute approximate surface area is 65.8 Å². The summed E-state index contributed by atoms with van der Waals surface area (Å²) in [5, 5.41) is 0. The summed E-state index contributed by atoms with van der Waals surface area (Å²) in [4.78, 5) is 24.2. The molecule has 1 aliphatic rings. The molecular formula is C7H11N2O2. The maximum atomic E-state index is 10.8. The summed E-state index contributed by atoms with van der Waals surface area (Å²) in [5.41, 5.74) is 0. The number of nitrogens with zero attached hydrogens (tertiary/aromatic N) is 2. The van der Waals surface area contributed by atoms with Crippen molar-refractivity contribution in [3.63, 3.8) is 0 Å². The van der Waals surface area contributed by atoms with Gasteiger partial charge < -0.3 is 9.80 Å². The van der Waals surface area contributed by atoms with Gasteiger partial charge in [-0.15, -0.1) is 0 Å². The predicted octanol–water partition coefficient (Wildman–Crippen LogP) is -0.782. The van der Waals surface area contributed by atoms with Gasteiger partial charge >= 0.3 is 6.41 Å². The zero-order valence-electron chi connectivity index (χ0n) is 6.54. The molecule has 4 nitrogen and oxygen atoms in total. The van der Waals surface area contributed by atoms with Crippen LogP contribution in [0.5, 0.6) is 0 Å². The van der Waals surface area contributed by atoms with Crippen LogP contribution in [0.25, 0.3) is 0 Å². The van der Waals surface area contributed by atoms with Gasteiger partial charge in [0.15, 0.2) is 0 Å². The Morgan fingerprint density at radius 3 is 2.18 bits per heavy atom. The first-order valence-electron chi connectivity index (χ1n) is 3.62. The zero-order valence-corrected chi connectivity index (χ0v) is 6.54. The van der Waals surface area contributed by atoms with Crippen molar-refractivity contribution in [1.29, 1.82) is 0 Å². The normalized spacial score (nSPS) is 18.3. The van der Waals surface area contributed by atoms with E-state index in [-0.39, 0.29) is 5.91 Å². The van der Waals surface area contributed by atoms with Crippen LogP contribution in [0.3, 0.4) is 0 Å². The van der Waals surface area contributed by atoms with Crippen LogP contribution >= 0.6 is 0 Å². The maximum absolute atomic E-state index is 10.8. The minimum absolute atomic E-state index is 0.0792. The van der Waals surface area contributed by atoms with E-state index in [0.717, 1.165) is 0 Å². The van der Waals surface area contributed by atoms with Crippen molar-refractivity contribution >= 4 is 12.3 Å². The van der Waals surface area contributed by atoms with E-state index >= 15 is 0 Å². The van der Waals surface area contributed by atoms with Gasteiger partial charge in [0.05, 0.1) is 0 Å². The summed E-state index contributed by atoms with van der Waals surface area (Å²) >= 11 is 0. The van der Waals surface area contributed by atoms with Gasteiger partial charge in [-0.2, -0.15) is 0 Å². The van der Waals surface area contributed by atoms with Crippen molar-refractivity contribution in [3.05, 3.63) is 0 Å². The van der Waals surface area contributed by atoms with E-state index in [2.05, 4.69) is 0 Å². The topological polar surface area (TPSA) is 40.6 Å². The van der Waals surface area contributed by atoms with Gasteiger partial charge in [0.1, 0.15) is 0 Å². The second-order valence-corrected chi connectivity index (χ2v) is 2.58. The van der Waals surface area contributed by atoms with Gasteiger partial charge in [0, 0.05) is 33.1 Å². The molecule has 0 aromatic rings. The molecule has 0 spiro atoms. The predicted molar refractivity (Wildman–Crippen MR) is 39.5 cm³/mol. The number of hydrogen-bond donors (Lipinski definition) is 0. The second kappa shape index (κ2) is 3.37. The first-order valence-corrected chi connectivity index (χ1v) is 3.62. The highest BCUT2D eigenvalue weighted by Crippen LogP contribution is 1.98. The van der Waals surface area contributed by atoms with E-state index in [1.807, 2.05) is 6.41 Å². The van der Waals surface area contributed by atoms with Crippen LogP contribution in [-0.4, -0.2) is 48.3 Å². The fourth-order valence-corrected chi connectivity index (χ4v) is 1.11. The van der Waals surface area contributed by atoms with Crippen LogP contribution in [0, 0.1) is 0 Å². The molecule has 0 atom stereocenters. The molecule has 0 bridgehead atoms. The lowest BCUT2D eigenvalue weighted by Gasteiger charge is -2.31. The number of amides is 2. The lowest BCUT2D eigenvalue weighted by atomic mass is 10.3. The Kier molecular flexibility index (Phi) is 2.46. The first kappa shape index (κ1) is 8.04. The Morgan fingerprint density at radius 2 is 1.82 bits per heavy atom. The van der Waals surface area contributed by atoms with Crippen molar-refractivity contribution in [2.75, 3.05) is 26.2 Å². The molecule has 0 unspecified atom stereocenters. The largest absolute Gasteiger partial charge is 0.339 e. The lowest BCUT2D eigenvalue weighted by molar-refractivity contribution is -0.130. The molecule has 0 N–H and O–H groups in total. The van der Waals surface area contributed by atoms with Crippen molar-refractivity contribution < 1.29 is 9.59 Å².